The first-order valence-corrected chi connectivity index (χ1v) is 7.76. The van der Waals surface area contributed by atoms with Crippen LogP contribution in [0.15, 0.2) is 20.3 Å². The van der Waals surface area contributed by atoms with Crippen LogP contribution in [0.2, 0.25) is 0 Å². The van der Waals surface area contributed by atoms with Crippen LogP contribution in [-0.2, 0) is 6.54 Å². The lowest BCUT2D eigenvalue weighted by Crippen LogP contribution is -2.38. The lowest BCUT2D eigenvalue weighted by atomic mass is 9.77. The summed E-state index contributed by atoms with van der Waals surface area (Å²) in [6.45, 7) is 5.08. The second-order valence-electron chi connectivity index (χ2n) is 5.88. The Morgan fingerprint density at radius 3 is 2.53 bits per heavy atom. The molecular formula is C14H21BrN2O2. The van der Waals surface area contributed by atoms with Crippen LogP contribution in [-0.4, -0.2) is 9.55 Å². The van der Waals surface area contributed by atoms with Gasteiger partial charge in [0, 0.05) is 12.7 Å². The second kappa shape index (κ2) is 6.07. The zero-order valence-corrected chi connectivity index (χ0v) is 13.1. The maximum atomic E-state index is 11.9. The highest BCUT2D eigenvalue weighted by molar-refractivity contribution is 9.10. The molecule has 1 aromatic heterocycles. The van der Waals surface area contributed by atoms with Crippen molar-refractivity contribution in [2.75, 3.05) is 0 Å². The van der Waals surface area contributed by atoms with E-state index in [-0.39, 0.29) is 11.2 Å². The average Bonchev–Trinajstić information content (AvgIpc) is 2.40. The molecule has 0 amide bonds. The molecule has 1 N–H and O–H groups in total. The monoisotopic (exact) mass is 328 g/mol. The number of halogens is 1. The summed E-state index contributed by atoms with van der Waals surface area (Å²) in [5.41, 5.74) is -0.533. The van der Waals surface area contributed by atoms with Crippen LogP contribution in [0, 0.1) is 17.8 Å². The van der Waals surface area contributed by atoms with E-state index >= 15 is 0 Å². The Morgan fingerprint density at radius 1 is 1.32 bits per heavy atom. The van der Waals surface area contributed by atoms with Crippen molar-refractivity contribution >= 4 is 15.9 Å². The van der Waals surface area contributed by atoms with Crippen LogP contribution in [0.5, 0.6) is 0 Å². The topological polar surface area (TPSA) is 54.9 Å². The Hall–Kier alpha value is -0.840. The van der Waals surface area contributed by atoms with Gasteiger partial charge in [-0.3, -0.25) is 9.36 Å². The largest absolute Gasteiger partial charge is 0.328 e. The Balaban J connectivity index is 2.06. The smallest absolute Gasteiger partial charge is 0.313 e. The Labute approximate surface area is 121 Å². The van der Waals surface area contributed by atoms with E-state index in [1.807, 2.05) is 0 Å². The summed E-state index contributed by atoms with van der Waals surface area (Å²) in [7, 11) is 0. The maximum absolute atomic E-state index is 11.9. The standard InChI is InChI=1S/C14H21BrN2O2/c1-9(2)11-5-3-10(4-6-11)8-17-13(18)12(15)7-16-14(17)19/h7,9-11H,3-6,8H2,1-2H3,(H,16,19). The summed E-state index contributed by atoms with van der Waals surface area (Å²) in [4.78, 5) is 26.2. The molecule has 0 saturated heterocycles. The molecule has 0 unspecified atom stereocenters. The zero-order valence-electron chi connectivity index (χ0n) is 11.5. The van der Waals surface area contributed by atoms with Gasteiger partial charge in [-0.05, 0) is 59.4 Å². The van der Waals surface area contributed by atoms with E-state index in [1.165, 1.54) is 23.6 Å². The van der Waals surface area contributed by atoms with Crippen molar-refractivity contribution in [3.05, 3.63) is 31.5 Å². The molecule has 1 aliphatic carbocycles. The molecular weight excluding hydrogens is 308 g/mol. The van der Waals surface area contributed by atoms with Crippen molar-refractivity contribution in [3.63, 3.8) is 0 Å². The number of nitrogens with zero attached hydrogens (tertiary/aromatic N) is 1. The van der Waals surface area contributed by atoms with Gasteiger partial charge in [-0.25, -0.2) is 4.79 Å². The van der Waals surface area contributed by atoms with Crippen LogP contribution >= 0.6 is 15.9 Å². The van der Waals surface area contributed by atoms with Crippen molar-refractivity contribution in [2.45, 2.75) is 46.1 Å². The van der Waals surface area contributed by atoms with Gasteiger partial charge in [0.05, 0.1) is 4.47 Å². The Kier molecular flexibility index (Phi) is 4.66. The van der Waals surface area contributed by atoms with Gasteiger partial charge in [-0.1, -0.05) is 13.8 Å². The number of aromatic amines is 1. The first kappa shape index (κ1) is 14.6. The van der Waals surface area contributed by atoms with Gasteiger partial charge in [0.1, 0.15) is 0 Å². The van der Waals surface area contributed by atoms with E-state index in [9.17, 15) is 9.59 Å². The molecule has 4 nitrogen and oxygen atoms in total. The minimum atomic E-state index is -0.306. The second-order valence-corrected chi connectivity index (χ2v) is 6.74. The number of H-pyrrole nitrogens is 1. The molecule has 0 aromatic carbocycles. The lowest BCUT2D eigenvalue weighted by Gasteiger charge is -2.30. The van der Waals surface area contributed by atoms with Gasteiger partial charge in [0.15, 0.2) is 0 Å². The highest BCUT2D eigenvalue weighted by atomic mass is 79.9. The van der Waals surface area contributed by atoms with E-state index in [1.54, 1.807) is 0 Å². The number of hydrogen-bond donors (Lipinski definition) is 1. The number of nitrogens with one attached hydrogen (secondary N) is 1. The fourth-order valence-electron chi connectivity index (χ4n) is 2.95. The summed E-state index contributed by atoms with van der Waals surface area (Å²) in [5, 5.41) is 0. The maximum Gasteiger partial charge on any atom is 0.328 e. The highest BCUT2D eigenvalue weighted by Gasteiger charge is 2.24. The van der Waals surface area contributed by atoms with Crippen LogP contribution in [0.3, 0.4) is 0 Å². The highest BCUT2D eigenvalue weighted by Crippen LogP contribution is 2.33. The van der Waals surface area contributed by atoms with E-state index < -0.39 is 0 Å². The summed E-state index contributed by atoms with van der Waals surface area (Å²) in [6.07, 6.45) is 6.06. The number of aromatic nitrogens is 2. The van der Waals surface area contributed by atoms with Crippen LogP contribution in [0.25, 0.3) is 0 Å². The van der Waals surface area contributed by atoms with Crippen molar-refractivity contribution in [3.8, 4) is 0 Å². The van der Waals surface area contributed by atoms with E-state index in [0.717, 1.165) is 24.7 Å². The average molecular weight is 329 g/mol. The minimum Gasteiger partial charge on any atom is -0.313 e. The predicted octanol–water partition coefficient (Wildman–Crippen LogP) is 2.76. The zero-order chi connectivity index (χ0) is 14.0. The lowest BCUT2D eigenvalue weighted by molar-refractivity contribution is 0.207. The fraction of sp³-hybridized carbons (Fsp3) is 0.714. The van der Waals surface area contributed by atoms with E-state index in [0.29, 0.717) is 16.9 Å². The van der Waals surface area contributed by atoms with Gasteiger partial charge in [-0.15, -0.1) is 0 Å². The minimum absolute atomic E-state index is 0.227. The first-order chi connectivity index (χ1) is 8.99. The normalized spacial score (nSPS) is 23.8. The Bertz CT molecular complexity index is 539. The molecule has 1 aliphatic rings. The summed E-state index contributed by atoms with van der Waals surface area (Å²) < 4.78 is 1.74. The first-order valence-electron chi connectivity index (χ1n) is 6.97. The van der Waals surface area contributed by atoms with Crippen molar-refractivity contribution in [1.29, 1.82) is 0 Å². The van der Waals surface area contributed by atoms with Crippen molar-refractivity contribution < 1.29 is 0 Å². The number of hydrogen-bond acceptors (Lipinski definition) is 2. The van der Waals surface area contributed by atoms with Crippen LogP contribution < -0.4 is 11.2 Å². The van der Waals surface area contributed by atoms with E-state index in [4.69, 9.17) is 0 Å². The van der Waals surface area contributed by atoms with E-state index in [2.05, 4.69) is 34.8 Å². The molecule has 1 aromatic rings. The molecule has 2 rings (SSSR count). The SMILES string of the molecule is CC(C)C1CCC(Cn2c(=O)[nH]cc(Br)c2=O)CC1. The molecule has 1 heterocycles. The third-order valence-electron chi connectivity index (χ3n) is 4.29. The van der Waals surface area contributed by atoms with Gasteiger partial charge in [0.25, 0.3) is 5.56 Å². The summed E-state index contributed by atoms with van der Waals surface area (Å²) in [6, 6.07) is 0. The van der Waals surface area contributed by atoms with Gasteiger partial charge in [0.2, 0.25) is 0 Å². The molecule has 19 heavy (non-hydrogen) atoms. The van der Waals surface area contributed by atoms with Gasteiger partial charge in [-0.2, -0.15) is 0 Å². The molecule has 1 saturated carbocycles. The summed E-state index contributed by atoms with van der Waals surface area (Å²) >= 11 is 3.17. The third-order valence-corrected chi connectivity index (χ3v) is 4.86. The van der Waals surface area contributed by atoms with Crippen molar-refractivity contribution in [2.24, 2.45) is 17.8 Å². The molecule has 0 radical (unpaired) electrons. The molecule has 0 bridgehead atoms. The molecule has 0 aliphatic heterocycles. The van der Waals surface area contributed by atoms with Crippen LogP contribution in [0.1, 0.15) is 39.5 Å². The quantitative estimate of drug-likeness (QED) is 0.927. The molecule has 5 heteroatoms. The predicted molar refractivity (Wildman–Crippen MR) is 79.3 cm³/mol. The summed E-state index contributed by atoms with van der Waals surface area (Å²) in [5.74, 6) is 1.98. The molecule has 106 valence electrons. The molecule has 1 fully saturated rings. The molecule has 0 atom stereocenters. The van der Waals surface area contributed by atoms with Crippen molar-refractivity contribution in [1.82, 2.24) is 9.55 Å². The fourth-order valence-corrected chi connectivity index (χ4v) is 3.28. The third kappa shape index (κ3) is 3.38. The van der Waals surface area contributed by atoms with Gasteiger partial charge >= 0.3 is 5.69 Å². The number of rotatable bonds is 3. The Morgan fingerprint density at radius 2 is 1.95 bits per heavy atom. The van der Waals surface area contributed by atoms with Crippen LogP contribution in [0.4, 0.5) is 0 Å². The van der Waals surface area contributed by atoms with Gasteiger partial charge < -0.3 is 4.98 Å². The molecule has 0 spiro atoms.